The second-order valence-corrected chi connectivity index (χ2v) is 5.95. The summed E-state index contributed by atoms with van der Waals surface area (Å²) in [6.45, 7) is 4.00. The van der Waals surface area contributed by atoms with Crippen LogP contribution < -0.4 is 11.4 Å². The third kappa shape index (κ3) is 1.49. The molecule has 0 radical (unpaired) electrons. The van der Waals surface area contributed by atoms with Gasteiger partial charge in [0.1, 0.15) is 10.7 Å². The Labute approximate surface area is 103 Å². The molecule has 5 heteroatoms. The van der Waals surface area contributed by atoms with Crippen LogP contribution >= 0.6 is 11.3 Å². The Hall–Kier alpha value is -1.36. The van der Waals surface area contributed by atoms with Crippen molar-refractivity contribution in [3.8, 4) is 0 Å². The highest BCUT2D eigenvalue weighted by molar-refractivity contribution is 7.18. The fourth-order valence-electron chi connectivity index (χ4n) is 2.51. The fraction of sp³-hybridized carbons (Fsp3) is 0.500. The molecule has 3 rings (SSSR count). The molecule has 0 fully saturated rings. The molecule has 1 aliphatic carbocycles. The van der Waals surface area contributed by atoms with E-state index in [1.165, 1.54) is 16.9 Å². The number of hydrogen-bond acceptors (Lipinski definition) is 4. The number of hydrogen-bond donors (Lipinski definition) is 1. The minimum atomic E-state index is -0.0981. The van der Waals surface area contributed by atoms with Crippen LogP contribution in [-0.2, 0) is 12.8 Å². The lowest BCUT2D eigenvalue weighted by molar-refractivity contribution is 0.508. The van der Waals surface area contributed by atoms with E-state index in [-0.39, 0.29) is 5.56 Å². The van der Waals surface area contributed by atoms with Gasteiger partial charge >= 0.3 is 0 Å². The highest BCUT2D eigenvalue weighted by Crippen LogP contribution is 2.35. The maximum absolute atomic E-state index is 12.2. The number of aromatic nitrogens is 2. The third-order valence-electron chi connectivity index (χ3n) is 3.53. The molecule has 0 saturated carbocycles. The molecule has 0 aromatic carbocycles. The topological polar surface area (TPSA) is 60.9 Å². The number of aryl methyl sites for hydroxylation is 2. The number of fused-ring (bicyclic) bond motifs is 3. The molecule has 0 bridgehead atoms. The molecule has 4 nitrogen and oxygen atoms in total. The molecule has 2 aromatic heterocycles. The Morgan fingerprint density at radius 1 is 1.53 bits per heavy atom. The SMILES string of the molecule is Cc1nc2sc3c(c2c(=O)n1N)C[C@H](C)CC3. The number of rotatable bonds is 0. The normalized spacial score (nSPS) is 19.5. The Morgan fingerprint density at radius 2 is 2.29 bits per heavy atom. The molecular weight excluding hydrogens is 234 g/mol. The summed E-state index contributed by atoms with van der Waals surface area (Å²) in [5.41, 5.74) is 1.10. The van der Waals surface area contributed by atoms with Crippen molar-refractivity contribution < 1.29 is 0 Å². The molecule has 0 spiro atoms. The number of thiophene rings is 1. The first-order valence-corrected chi connectivity index (χ1v) is 6.68. The van der Waals surface area contributed by atoms with E-state index in [9.17, 15) is 4.79 Å². The van der Waals surface area contributed by atoms with E-state index in [2.05, 4.69) is 11.9 Å². The van der Waals surface area contributed by atoms with Crippen LogP contribution in [0.5, 0.6) is 0 Å². The maximum Gasteiger partial charge on any atom is 0.280 e. The second kappa shape index (κ2) is 3.57. The van der Waals surface area contributed by atoms with Gasteiger partial charge in [-0.1, -0.05) is 6.92 Å². The lowest BCUT2D eigenvalue weighted by Gasteiger charge is -2.17. The van der Waals surface area contributed by atoms with Crippen molar-refractivity contribution in [2.45, 2.75) is 33.1 Å². The van der Waals surface area contributed by atoms with Crippen LogP contribution in [0, 0.1) is 12.8 Å². The van der Waals surface area contributed by atoms with Crippen molar-refractivity contribution in [3.63, 3.8) is 0 Å². The summed E-state index contributed by atoms with van der Waals surface area (Å²) in [4.78, 5) is 18.8. The van der Waals surface area contributed by atoms with Crippen LogP contribution in [0.15, 0.2) is 4.79 Å². The average Bonchev–Trinajstić information content (AvgIpc) is 2.63. The van der Waals surface area contributed by atoms with Gasteiger partial charge in [-0.05, 0) is 37.7 Å². The van der Waals surface area contributed by atoms with Gasteiger partial charge in [0.25, 0.3) is 5.56 Å². The van der Waals surface area contributed by atoms with Gasteiger partial charge in [-0.15, -0.1) is 11.3 Å². The third-order valence-corrected chi connectivity index (χ3v) is 4.72. The van der Waals surface area contributed by atoms with Gasteiger partial charge in [-0.25, -0.2) is 9.66 Å². The zero-order valence-corrected chi connectivity index (χ0v) is 10.8. The molecule has 0 saturated heterocycles. The van der Waals surface area contributed by atoms with E-state index in [0.29, 0.717) is 11.7 Å². The molecule has 90 valence electrons. The van der Waals surface area contributed by atoms with E-state index in [4.69, 9.17) is 5.84 Å². The lowest BCUT2D eigenvalue weighted by Crippen LogP contribution is -2.30. The molecule has 0 amide bonds. The van der Waals surface area contributed by atoms with Crippen molar-refractivity contribution >= 4 is 21.6 Å². The smallest absolute Gasteiger partial charge is 0.280 e. The monoisotopic (exact) mass is 249 g/mol. The van der Waals surface area contributed by atoms with E-state index in [0.717, 1.165) is 27.7 Å². The van der Waals surface area contributed by atoms with Crippen LogP contribution in [0.3, 0.4) is 0 Å². The second-order valence-electron chi connectivity index (χ2n) is 4.87. The van der Waals surface area contributed by atoms with Crippen LogP contribution in [0.2, 0.25) is 0 Å². The first-order valence-electron chi connectivity index (χ1n) is 5.87. The number of nitrogens with two attached hydrogens (primary N) is 1. The van der Waals surface area contributed by atoms with E-state index in [1.54, 1.807) is 18.3 Å². The zero-order valence-electron chi connectivity index (χ0n) is 9.99. The van der Waals surface area contributed by atoms with Gasteiger partial charge in [-0.3, -0.25) is 4.79 Å². The van der Waals surface area contributed by atoms with E-state index >= 15 is 0 Å². The van der Waals surface area contributed by atoms with E-state index in [1.807, 2.05) is 0 Å². The van der Waals surface area contributed by atoms with E-state index < -0.39 is 0 Å². The first-order chi connectivity index (χ1) is 8.08. The minimum Gasteiger partial charge on any atom is -0.335 e. The summed E-state index contributed by atoms with van der Waals surface area (Å²) < 4.78 is 1.16. The fourth-order valence-corrected chi connectivity index (χ4v) is 3.76. The molecule has 0 unspecified atom stereocenters. The van der Waals surface area contributed by atoms with Crippen molar-refractivity contribution in [1.29, 1.82) is 0 Å². The summed E-state index contributed by atoms with van der Waals surface area (Å²) in [5.74, 6) is 6.94. The summed E-state index contributed by atoms with van der Waals surface area (Å²) >= 11 is 1.66. The molecule has 1 aliphatic rings. The van der Waals surface area contributed by atoms with Crippen molar-refractivity contribution in [2.24, 2.45) is 5.92 Å². The quantitative estimate of drug-likeness (QED) is 0.721. The predicted octanol–water partition coefficient (Wildman–Crippen LogP) is 1.61. The number of nitrogen functional groups attached to an aromatic ring is 1. The zero-order chi connectivity index (χ0) is 12.2. The van der Waals surface area contributed by atoms with Gasteiger partial charge in [0, 0.05) is 4.88 Å². The van der Waals surface area contributed by atoms with Crippen molar-refractivity contribution in [1.82, 2.24) is 9.66 Å². The van der Waals surface area contributed by atoms with Crippen molar-refractivity contribution in [3.05, 3.63) is 26.6 Å². The molecule has 1 atom stereocenters. The van der Waals surface area contributed by atoms with Gasteiger partial charge in [0.05, 0.1) is 5.39 Å². The van der Waals surface area contributed by atoms with Crippen LogP contribution in [0.25, 0.3) is 10.2 Å². The van der Waals surface area contributed by atoms with Crippen LogP contribution in [0.4, 0.5) is 0 Å². The Morgan fingerprint density at radius 3 is 3.06 bits per heavy atom. The van der Waals surface area contributed by atoms with Gasteiger partial charge in [0.15, 0.2) is 0 Å². The van der Waals surface area contributed by atoms with Crippen molar-refractivity contribution in [2.75, 3.05) is 5.84 Å². The summed E-state index contributed by atoms with van der Waals surface area (Å²) in [5, 5.41) is 0.754. The summed E-state index contributed by atoms with van der Waals surface area (Å²) in [7, 11) is 0. The number of nitrogens with zero attached hydrogens (tertiary/aromatic N) is 2. The molecule has 2 N–H and O–H groups in total. The van der Waals surface area contributed by atoms with Gasteiger partial charge < -0.3 is 5.84 Å². The maximum atomic E-state index is 12.2. The first kappa shape index (κ1) is 10.8. The van der Waals surface area contributed by atoms with Gasteiger partial charge in [-0.2, -0.15) is 0 Å². The summed E-state index contributed by atoms with van der Waals surface area (Å²) in [6.07, 6.45) is 3.26. The average molecular weight is 249 g/mol. The minimum absolute atomic E-state index is 0.0981. The molecule has 0 aliphatic heterocycles. The Balaban J connectivity index is 2.38. The standard InChI is InChI=1S/C12H15N3OS/c1-6-3-4-9-8(5-6)10-11(17-9)14-7(2)15(13)12(10)16/h6H,3-5,13H2,1-2H3/t6-/m1/s1. The predicted molar refractivity (Wildman–Crippen MR) is 70.0 cm³/mol. The highest BCUT2D eigenvalue weighted by Gasteiger charge is 2.23. The van der Waals surface area contributed by atoms with Crippen LogP contribution in [-0.4, -0.2) is 9.66 Å². The molecule has 2 heterocycles. The summed E-state index contributed by atoms with van der Waals surface area (Å²) in [6, 6.07) is 0. The Bertz CT molecular complexity index is 656. The molecule has 2 aromatic rings. The lowest BCUT2D eigenvalue weighted by atomic mass is 9.89. The van der Waals surface area contributed by atoms with Gasteiger partial charge in [0.2, 0.25) is 0 Å². The largest absolute Gasteiger partial charge is 0.335 e. The Kier molecular flexibility index (Phi) is 2.26. The molecular formula is C12H15N3OS. The van der Waals surface area contributed by atoms with Crippen LogP contribution in [0.1, 0.15) is 29.6 Å². The molecule has 17 heavy (non-hydrogen) atoms. The highest BCUT2D eigenvalue weighted by atomic mass is 32.1.